The molecule has 13 heavy (non-hydrogen) atoms. The van der Waals surface area contributed by atoms with E-state index in [4.69, 9.17) is 4.74 Å². The van der Waals surface area contributed by atoms with Crippen LogP contribution in [0.2, 0.25) is 0 Å². The van der Waals surface area contributed by atoms with Gasteiger partial charge >= 0.3 is 0 Å². The minimum Gasteiger partial charge on any atom is -0.383 e. The Morgan fingerprint density at radius 2 is 2.46 bits per heavy atom. The monoisotopic (exact) mass is 183 g/mol. The number of hydrogen-bond acceptors (Lipinski definition) is 3. The second-order valence-electron chi connectivity index (χ2n) is 2.95. The van der Waals surface area contributed by atoms with E-state index in [1.807, 2.05) is 13.4 Å². The Morgan fingerprint density at radius 3 is 3.15 bits per heavy atom. The number of rotatable bonds is 6. The average molecular weight is 183 g/mol. The number of likely N-dealkylation sites (N-methyl/N-ethyl adjacent to an activating group) is 1. The summed E-state index contributed by atoms with van der Waals surface area (Å²) in [6, 6.07) is 0. The maximum atomic E-state index is 4.98. The summed E-state index contributed by atoms with van der Waals surface area (Å²) in [5, 5.41) is 3.09. The van der Waals surface area contributed by atoms with Crippen molar-refractivity contribution < 1.29 is 4.74 Å². The lowest BCUT2D eigenvalue weighted by Gasteiger charge is -1.98. The second-order valence-corrected chi connectivity index (χ2v) is 2.95. The van der Waals surface area contributed by atoms with Gasteiger partial charge in [0.25, 0.3) is 0 Å². The third-order valence-corrected chi connectivity index (χ3v) is 1.87. The quantitative estimate of drug-likeness (QED) is 0.689. The summed E-state index contributed by atoms with van der Waals surface area (Å²) in [7, 11) is 3.65. The number of ether oxygens (including phenoxy) is 1. The predicted octanol–water partition coefficient (Wildman–Crippen LogP) is 0.291. The van der Waals surface area contributed by atoms with E-state index in [2.05, 4.69) is 21.1 Å². The number of hydrogen-bond donors (Lipinski definition) is 1. The van der Waals surface area contributed by atoms with E-state index in [9.17, 15) is 0 Å². The molecule has 0 aliphatic carbocycles. The largest absolute Gasteiger partial charge is 0.383 e. The van der Waals surface area contributed by atoms with E-state index in [1.54, 1.807) is 7.11 Å². The molecule has 1 heterocycles. The fourth-order valence-electron chi connectivity index (χ4n) is 1.11. The van der Waals surface area contributed by atoms with Gasteiger partial charge in [0.2, 0.25) is 0 Å². The molecule has 0 fully saturated rings. The summed E-state index contributed by atoms with van der Waals surface area (Å²) >= 11 is 0. The number of aromatic nitrogens is 2. The summed E-state index contributed by atoms with van der Waals surface area (Å²) in [5.41, 5.74) is 1.13. The first-order valence-corrected chi connectivity index (χ1v) is 4.51. The van der Waals surface area contributed by atoms with Crippen LogP contribution in [-0.4, -0.2) is 36.9 Å². The van der Waals surface area contributed by atoms with Gasteiger partial charge < -0.3 is 14.6 Å². The first-order chi connectivity index (χ1) is 6.36. The molecule has 4 nitrogen and oxygen atoms in total. The first kappa shape index (κ1) is 10.2. The van der Waals surface area contributed by atoms with Gasteiger partial charge in [-0.25, -0.2) is 4.98 Å². The van der Waals surface area contributed by atoms with Crippen molar-refractivity contribution in [2.24, 2.45) is 0 Å². The molecule has 0 bridgehead atoms. The molecular weight excluding hydrogens is 166 g/mol. The van der Waals surface area contributed by atoms with E-state index < -0.39 is 0 Å². The Bertz CT molecular complexity index is 212. The highest BCUT2D eigenvalue weighted by Gasteiger charge is 1.97. The van der Waals surface area contributed by atoms with E-state index in [1.165, 1.54) is 0 Å². The fraction of sp³-hybridized carbons (Fsp3) is 0.667. The molecule has 1 aromatic heterocycles. The topological polar surface area (TPSA) is 39.1 Å². The summed E-state index contributed by atoms with van der Waals surface area (Å²) < 4.78 is 7.03. The molecular formula is C9H17N3O. The zero-order valence-electron chi connectivity index (χ0n) is 8.29. The minimum absolute atomic E-state index is 0.738. The van der Waals surface area contributed by atoms with Crippen LogP contribution < -0.4 is 5.32 Å². The van der Waals surface area contributed by atoms with E-state index >= 15 is 0 Å². The molecule has 1 aromatic rings. The lowest BCUT2D eigenvalue weighted by molar-refractivity contribution is 0.187. The van der Waals surface area contributed by atoms with Crippen molar-refractivity contribution in [3.63, 3.8) is 0 Å². The summed E-state index contributed by atoms with van der Waals surface area (Å²) in [4.78, 5) is 4.27. The van der Waals surface area contributed by atoms with Crippen LogP contribution in [0.3, 0.4) is 0 Å². The molecule has 0 aliphatic rings. The Labute approximate surface area is 78.9 Å². The van der Waals surface area contributed by atoms with Crippen molar-refractivity contribution in [3.05, 3.63) is 18.2 Å². The molecule has 1 rings (SSSR count). The van der Waals surface area contributed by atoms with Crippen molar-refractivity contribution >= 4 is 0 Å². The SMILES string of the molecule is CNCCc1cn(CCOC)cn1. The Kier molecular flexibility index (Phi) is 4.49. The van der Waals surface area contributed by atoms with Crippen LogP contribution in [0.1, 0.15) is 5.69 Å². The van der Waals surface area contributed by atoms with Crippen LogP contribution in [-0.2, 0) is 17.7 Å². The molecule has 0 saturated carbocycles. The van der Waals surface area contributed by atoms with E-state index in [-0.39, 0.29) is 0 Å². The third-order valence-electron chi connectivity index (χ3n) is 1.87. The summed E-state index contributed by atoms with van der Waals surface area (Å²) in [6.45, 7) is 2.59. The summed E-state index contributed by atoms with van der Waals surface area (Å²) in [6.07, 6.45) is 4.90. The maximum absolute atomic E-state index is 4.98. The lowest BCUT2D eigenvalue weighted by Crippen LogP contribution is -2.10. The van der Waals surface area contributed by atoms with Crippen molar-refractivity contribution in [1.82, 2.24) is 14.9 Å². The smallest absolute Gasteiger partial charge is 0.0950 e. The second kappa shape index (κ2) is 5.72. The molecule has 0 amide bonds. The Morgan fingerprint density at radius 1 is 1.62 bits per heavy atom. The standard InChI is InChI=1S/C9H17N3O/c1-10-4-3-9-7-12(8-11-9)5-6-13-2/h7-8,10H,3-6H2,1-2H3. The predicted molar refractivity (Wildman–Crippen MR) is 51.7 cm³/mol. The van der Waals surface area contributed by atoms with E-state index in [0.29, 0.717) is 0 Å². The lowest BCUT2D eigenvalue weighted by atomic mass is 10.3. The molecule has 1 N–H and O–H groups in total. The zero-order chi connectivity index (χ0) is 9.52. The van der Waals surface area contributed by atoms with Crippen LogP contribution in [0, 0.1) is 0 Å². The van der Waals surface area contributed by atoms with Crippen molar-refractivity contribution in [1.29, 1.82) is 0 Å². The summed E-state index contributed by atoms with van der Waals surface area (Å²) in [5.74, 6) is 0. The molecule has 0 aromatic carbocycles. The Hall–Kier alpha value is -0.870. The van der Waals surface area contributed by atoms with Crippen LogP contribution >= 0.6 is 0 Å². The van der Waals surface area contributed by atoms with Gasteiger partial charge in [0.1, 0.15) is 0 Å². The number of imidazole rings is 1. The Balaban J connectivity index is 2.34. The number of nitrogens with one attached hydrogen (secondary N) is 1. The molecule has 0 radical (unpaired) electrons. The van der Waals surface area contributed by atoms with Gasteiger partial charge in [-0.3, -0.25) is 0 Å². The van der Waals surface area contributed by atoms with Gasteiger partial charge in [-0.15, -0.1) is 0 Å². The van der Waals surface area contributed by atoms with Gasteiger partial charge in [-0.2, -0.15) is 0 Å². The van der Waals surface area contributed by atoms with E-state index in [0.717, 1.165) is 31.8 Å². The van der Waals surface area contributed by atoms with Crippen LogP contribution in [0.25, 0.3) is 0 Å². The molecule has 0 saturated heterocycles. The van der Waals surface area contributed by atoms with Crippen LogP contribution in [0.15, 0.2) is 12.5 Å². The molecule has 74 valence electrons. The number of methoxy groups -OCH3 is 1. The molecule has 0 unspecified atom stereocenters. The molecule has 0 atom stereocenters. The molecule has 4 heteroatoms. The van der Waals surface area contributed by atoms with Gasteiger partial charge in [0.05, 0.1) is 18.6 Å². The number of nitrogens with zero attached hydrogens (tertiary/aromatic N) is 2. The van der Waals surface area contributed by atoms with Crippen LogP contribution in [0.5, 0.6) is 0 Å². The fourth-order valence-corrected chi connectivity index (χ4v) is 1.11. The highest BCUT2D eigenvalue weighted by Crippen LogP contribution is 1.96. The normalized spacial score (nSPS) is 10.6. The highest BCUT2D eigenvalue weighted by atomic mass is 16.5. The minimum atomic E-state index is 0.738. The van der Waals surface area contributed by atoms with Gasteiger partial charge in [0.15, 0.2) is 0 Å². The van der Waals surface area contributed by atoms with Gasteiger partial charge in [0, 0.05) is 32.8 Å². The highest BCUT2D eigenvalue weighted by molar-refractivity contribution is 4.97. The van der Waals surface area contributed by atoms with Crippen molar-refractivity contribution in [2.75, 3.05) is 27.3 Å². The van der Waals surface area contributed by atoms with Crippen molar-refractivity contribution in [3.8, 4) is 0 Å². The molecule has 0 aliphatic heterocycles. The third kappa shape index (κ3) is 3.57. The average Bonchev–Trinajstić information content (AvgIpc) is 2.59. The zero-order valence-corrected chi connectivity index (χ0v) is 8.29. The molecule has 0 spiro atoms. The first-order valence-electron chi connectivity index (χ1n) is 4.51. The maximum Gasteiger partial charge on any atom is 0.0950 e. The van der Waals surface area contributed by atoms with Crippen molar-refractivity contribution in [2.45, 2.75) is 13.0 Å². The van der Waals surface area contributed by atoms with Gasteiger partial charge in [-0.1, -0.05) is 0 Å². The van der Waals surface area contributed by atoms with Gasteiger partial charge in [-0.05, 0) is 7.05 Å². The van der Waals surface area contributed by atoms with Crippen LogP contribution in [0.4, 0.5) is 0 Å².